The van der Waals surface area contributed by atoms with E-state index in [4.69, 9.17) is 0 Å². The number of benzene rings is 1. The second kappa shape index (κ2) is 7.97. The molecule has 1 aromatic carbocycles. The normalized spacial score (nSPS) is 10.2. The predicted molar refractivity (Wildman–Crippen MR) is 69.7 cm³/mol. The van der Waals surface area contributed by atoms with Crippen LogP contribution in [0.4, 0.5) is 0 Å². The first-order chi connectivity index (χ1) is 7.33. The van der Waals surface area contributed by atoms with E-state index in [-0.39, 0.29) is 20.9 Å². The fourth-order valence-electron chi connectivity index (χ4n) is 1.46. The molecule has 1 heteroatoms. The minimum atomic E-state index is -0.135. The van der Waals surface area contributed by atoms with Crippen LogP contribution in [-0.2, 0) is 0 Å². The monoisotopic (exact) mass is 318 g/mol. The van der Waals surface area contributed by atoms with Gasteiger partial charge in [0.2, 0.25) is 0 Å². The first kappa shape index (κ1) is 12.8. The Morgan fingerprint density at radius 3 is 2.53 bits per heavy atom. The summed E-state index contributed by atoms with van der Waals surface area (Å²) in [6.07, 6.45) is 6.65. The van der Waals surface area contributed by atoms with Gasteiger partial charge in [0, 0.05) is 0 Å². The summed E-state index contributed by atoms with van der Waals surface area (Å²) in [6.45, 7) is 6.46. The van der Waals surface area contributed by atoms with E-state index in [2.05, 4.69) is 43.8 Å². The molecule has 0 nitrogen and oxygen atoms in total. The average Bonchev–Trinajstić information content (AvgIpc) is 2.26. The maximum absolute atomic E-state index is 4.21. The Bertz CT molecular complexity index is 277. The van der Waals surface area contributed by atoms with Crippen LogP contribution in [0.5, 0.6) is 0 Å². The van der Waals surface area contributed by atoms with Crippen LogP contribution in [0.25, 0.3) is 0 Å². The van der Waals surface area contributed by atoms with Crippen LogP contribution in [0.1, 0.15) is 39.0 Å². The maximum atomic E-state index is 4.21. The Labute approximate surface area is 104 Å². The van der Waals surface area contributed by atoms with Crippen molar-refractivity contribution in [2.45, 2.75) is 39.0 Å². The van der Waals surface area contributed by atoms with Crippen LogP contribution in [0, 0.1) is 0 Å². The Kier molecular flexibility index (Phi) is 6.81. The number of unbranched alkanes of at least 4 members (excludes halogenated alkanes) is 3. The summed E-state index contributed by atoms with van der Waals surface area (Å²) in [6, 6.07) is 10.8. The summed E-state index contributed by atoms with van der Waals surface area (Å²) in [7, 11) is 0. The second-order valence-corrected chi connectivity index (χ2v) is 7.34. The molecule has 1 rings (SSSR count). The first-order valence-electron chi connectivity index (χ1n) is 5.73. The van der Waals surface area contributed by atoms with Gasteiger partial charge in [0.05, 0.1) is 0 Å². The fraction of sp³-hybridized carbons (Fsp3) is 0.429. The summed E-state index contributed by atoms with van der Waals surface area (Å²) in [5, 5.41) is 0. The van der Waals surface area contributed by atoms with Crippen LogP contribution in [0.15, 0.2) is 40.5 Å². The van der Waals surface area contributed by atoms with E-state index < -0.39 is 0 Å². The van der Waals surface area contributed by atoms with E-state index in [0.717, 1.165) is 0 Å². The van der Waals surface area contributed by atoms with E-state index in [9.17, 15) is 0 Å². The van der Waals surface area contributed by atoms with Crippen molar-refractivity contribution in [3.63, 3.8) is 0 Å². The third kappa shape index (κ3) is 6.03. The van der Waals surface area contributed by atoms with Crippen LogP contribution >= 0.6 is 0 Å². The van der Waals surface area contributed by atoms with Crippen LogP contribution in [0.2, 0.25) is 0 Å². The summed E-state index contributed by atoms with van der Waals surface area (Å²) in [5.74, 6) is 0. The molecule has 0 N–H and O–H groups in total. The molecule has 0 spiro atoms. The molecular weight excluding hydrogens is 296 g/mol. The molecule has 0 atom stereocenters. The number of hydrogen-bond acceptors (Lipinski definition) is 0. The van der Waals surface area contributed by atoms with Gasteiger partial charge >= 0.3 is 104 Å². The van der Waals surface area contributed by atoms with Crippen molar-refractivity contribution in [3.8, 4) is 0 Å². The Balaban J connectivity index is 2.19. The third-order valence-electron chi connectivity index (χ3n) is 2.31. The molecule has 1 aromatic rings. The van der Waals surface area contributed by atoms with Gasteiger partial charge in [-0.25, -0.2) is 0 Å². The standard InChI is InChI=1S/C14H20Te/c1-3-4-5-7-10-13(2)15-14-11-8-6-9-12-14/h6,8-9,11-12H,2-5,7,10H2,1H3. The van der Waals surface area contributed by atoms with Gasteiger partial charge in [0.15, 0.2) is 0 Å². The van der Waals surface area contributed by atoms with Crippen LogP contribution < -0.4 is 3.61 Å². The summed E-state index contributed by atoms with van der Waals surface area (Å²) in [5.41, 5.74) is 0. The van der Waals surface area contributed by atoms with Crippen LogP contribution in [-0.4, -0.2) is 20.9 Å². The van der Waals surface area contributed by atoms with Gasteiger partial charge in [-0.05, 0) is 0 Å². The van der Waals surface area contributed by atoms with Gasteiger partial charge in [-0.15, -0.1) is 0 Å². The SMILES string of the molecule is C=C(CCCCCC)[Te]c1ccccc1. The fourth-order valence-corrected chi connectivity index (χ4v) is 3.95. The molecule has 82 valence electrons. The van der Waals surface area contributed by atoms with E-state index in [0.29, 0.717) is 0 Å². The van der Waals surface area contributed by atoms with Crippen molar-refractivity contribution in [2.75, 3.05) is 0 Å². The van der Waals surface area contributed by atoms with Crippen LogP contribution in [0.3, 0.4) is 0 Å². The van der Waals surface area contributed by atoms with Crippen molar-refractivity contribution in [2.24, 2.45) is 0 Å². The van der Waals surface area contributed by atoms with Gasteiger partial charge in [-0.3, -0.25) is 0 Å². The minimum absolute atomic E-state index is 0.135. The van der Waals surface area contributed by atoms with E-state index >= 15 is 0 Å². The third-order valence-corrected chi connectivity index (χ3v) is 5.17. The zero-order valence-electron chi connectivity index (χ0n) is 9.54. The van der Waals surface area contributed by atoms with Crippen molar-refractivity contribution < 1.29 is 0 Å². The molecular formula is C14H20Te. The molecule has 0 heterocycles. The van der Waals surface area contributed by atoms with Crippen molar-refractivity contribution in [1.82, 2.24) is 0 Å². The molecule has 0 bridgehead atoms. The summed E-state index contributed by atoms with van der Waals surface area (Å²) in [4.78, 5) is 0. The topological polar surface area (TPSA) is 0 Å². The Hall–Kier alpha value is -0.250. The van der Waals surface area contributed by atoms with E-state index in [1.54, 1.807) is 0 Å². The molecule has 0 aromatic heterocycles. The number of hydrogen-bond donors (Lipinski definition) is 0. The van der Waals surface area contributed by atoms with Gasteiger partial charge in [-0.1, -0.05) is 0 Å². The zero-order valence-corrected chi connectivity index (χ0v) is 11.9. The first-order valence-corrected chi connectivity index (χ1v) is 8.06. The van der Waals surface area contributed by atoms with Crippen molar-refractivity contribution in [1.29, 1.82) is 0 Å². The second-order valence-electron chi connectivity index (χ2n) is 3.76. The van der Waals surface area contributed by atoms with Gasteiger partial charge in [0.1, 0.15) is 0 Å². The Morgan fingerprint density at radius 1 is 1.13 bits per heavy atom. The molecule has 0 aliphatic carbocycles. The molecule has 0 aliphatic heterocycles. The quantitative estimate of drug-likeness (QED) is 0.533. The summed E-state index contributed by atoms with van der Waals surface area (Å²) < 4.78 is 3.02. The van der Waals surface area contributed by atoms with Crippen molar-refractivity contribution in [3.05, 3.63) is 40.5 Å². The average molecular weight is 316 g/mol. The molecule has 15 heavy (non-hydrogen) atoms. The van der Waals surface area contributed by atoms with Gasteiger partial charge < -0.3 is 0 Å². The number of rotatable bonds is 7. The van der Waals surface area contributed by atoms with E-state index in [1.165, 1.54) is 39.3 Å². The van der Waals surface area contributed by atoms with Gasteiger partial charge in [0.25, 0.3) is 0 Å². The number of allylic oxidation sites excluding steroid dienone is 1. The molecule has 0 saturated carbocycles. The molecule has 0 unspecified atom stereocenters. The predicted octanol–water partition coefficient (Wildman–Crippen LogP) is 3.50. The summed E-state index contributed by atoms with van der Waals surface area (Å²) >= 11 is -0.135. The molecule has 0 radical (unpaired) electrons. The zero-order chi connectivity index (χ0) is 10.9. The Morgan fingerprint density at radius 2 is 1.87 bits per heavy atom. The van der Waals surface area contributed by atoms with E-state index in [1.807, 2.05) is 0 Å². The molecule has 0 aliphatic rings. The van der Waals surface area contributed by atoms with Gasteiger partial charge in [-0.2, -0.15) is 0 Å². The molecule has 0 saturated heterocycles. The molecule has 0 fully saturated rings. The van der Waals surface area contributed by atoms with Crippen molar-refractivity contribution >= 4 is 24.5 Å². The molecule has 0 amide bonds.